The molecule has 0 fully saturated rings. The van der Waals surface area contributed by atoms with Gasteiger partial charge in [0.15, 0.2) is 16.6 Å². The van der Waals surface area contributed by atoms with Crippen LogP contribution in [0.15, 0.2) is 30.9 Å². The number of hydrogen-bond acceptors (Lipinski definition) is 4. The third-order valence-electron chi connectivity index (χ3n) is 1.95. The molecule has 18 heavy (non-hydrogen) atoms. The molecule has 0 aliphatic heterocycles. The van der Waals surface area contributed by atoms with Crippen LogP contribution >= 0.6 is 12.6 Å². The predicted molar refractivity (Wildman–Crippen MR) is 74.3 cm³/mol. The molecule has 0 aliphatic carbocycles. The molecule has 4 nitrogen and oxygen atoms in total. The number of aromatic hydroxyl groups is 1. The van der Waals surface area contributed by atoms with Gasteiger partial charge in [-0.05, 0) is 24.1 Å². The second-order valence-electron chi connectivity index (χ2n) is 3.37. The van der Waals surface area contributed by atoms with Crippen LogP contribution in [0, 0.1) is 0 Å². The summed E-state index contributed by atoms with van der Waals surface area (Å²) in [5.41, 5.74) is 1.08. The number of carbonyl (C=O) groups excluding carboxylic acids is 1. The van der Waals surface area contributed by atoms with E-state index in [0.717, 1.165) is 12.0 Å². The van der Waals surface area contributed by atoms with Gasteiger partial charge in [0, 0.05) is 6.42 Å². The average molecular weight is 270 g/mol. The van der Waals surface area contributed by atoms with Gasteiger partial charge in [-0.15, -0.1) is 19.2 Å². The summed E-state index contributed by atoms with van der Waals surface area (Å²) in [6.07, 6.45) is 2.76. The quantitative estimate of drug-likeness (QED) is 0.565. The molecular formula is C13H18O4S. The van der Waals surface area contributed by atoms with E-state index in [0.29, 0.717) is 5.75 Å². The van der Waals surface area contributed by atoms with E-state index < -0.39 is 0 Å². The van der Waals surface area contributed by atoms with Crippen molar-refractivity contribution in [3.63, 3.8) is 0 Å². The molecular weight excluding hydrogens is 252 g/mol. The summed E-state index contributed by atoms with van der Waals surface area (Å²) in [7, 11) is 1.53. The maximum Gasteiger partial charge on any atom is 0.188 e. The summed E-state index contributed by atoms with van der Waals surface area (Å²) in [6, 6.07) is 5.27. The highest BCUT2D eigenvalue weighted by atomic mass is 32.1. The molecule has 1 rings (SSSR count). The fraction of sp³-hybridized carbons (Fsp3) is 0.308. The summed E-state index contributed by atoms with van der Waals surface area (Å²) in [4.78, 5) is 9.75. The first-order valence-electron chi connectivity index (χ1n) is 5.34. The molecule has 0 aromatic heterocycles. The number of aliphatic hydroxyl groups excluding tert-OH is 1. The second-order valence-corrected chi connectivity index (χ2v) is 3.87. The SMILES string of the molecule is C=CCc1ccc(O)c(OC)c1.O=C(S)CCO. The normalized spacial score (nSPS) is 9.06. The number of ether oxygens (including phenoxy) is 1. The van der Waals surface area contributed by atoms with E-state index in [2.05, 4.69) is 19.2 Å². The molecule has 0 amide bonds. The second kappa shape index (κ2) is 9.56. The molecule has 0 radical (unpaired) electrons. The van der Waals surface area contributed by atoms with E-state index in [1.807, 2.05) is 12.1 Å². The summed E-state index contributed by atoms with van der Waals surface area (Å²) in [6.45, 7) is 3.54. The fourth-order valence-corrected chi connectivity index (χ4v) is 1.21. The Bertz CT molecular complexity index is 391. The molecule has 0 bridgehead atoms. The van der Waals surface area contributed by atoms with Crippen LogP contribution in [0.25, 0.3) is 0 Å². The van der Waals surface area contributed by atoms with Gasteiger partial charge in [0.2, 0.25) is 0 Å². The minimum Gasteiger partial charge on any atom is -0.504 e. The first-order valence-corrected chi connectivity index (χ1v) is 5.79. The van der Waals surface area contributed by atoms with Crippen molar-refractivity contribution in [3.8, 4) is 11.5 Å². The van der Waals surface area contributed by atoms with Crippen LogP contribution in [-0.2, 0) is 11.2 Å². The van der Waals surface area contributed by atoms with Gasteiger partial charge in [-0.2, -0.15) is 0 Å². The highest BCUT2D eigenvalue weighted by Gasteiger charge is 2.00. The minimum atomic E-state index is -0.266. The molecule has 0 heterocycles. The zero-order valence-electron chi connectivity index (χ0n) is 10.3. The molecule has 0 saturated carbocycles. The number of allylic oxidation sites excluding steroid dienone is 1. The van der Waals surface area contributed by atoms with Crippen LogP contribution in [0.2, 0.25) is 0 Å². The molecule has 5 heteroatoms. The van der Waals surface area contributed by atoms with Crippen LogP contribution in [-0.4, -0.2) is 29.0 Å². The number of rotatable bonds is 5. The lowest BCUT2D eigenvalue weighted by molar-refractivity contribution is -0.111. The van der Waals surface area contributed by atoms with Gasteiger partial charge in [0.1, 0.15) is 0 Å². The van der Waals surface area contributed by atoms with Crippen molar-refractivity contribution in [1.82, 2.24) is 0 Å². The van der Waals surface area contributed by atoms with E-state index >= 15 is 0 Å². The summed E-state index contributed by atoms with van der Waals surface area (Å²) < 4.78 is 4.95. The van der Waals surface area contributed by atoms with E-state index in [4.69, 9.17) is 9.84 Å². The van der Waals surface area contributed by atoms with E-state index in [9.17, 15) is 9.90 Å². The topological polar surface area (TPSA) is 66.8 Å². The Kier molecular flexibility index (Phi) is 8.78. The number of carbonyl (C=O) groups is 1. The zero-order chi connectivity index (χ0) is 14.0. The van der Waals surface area contributed by atoms with Crippen LogP contribution in [0.4, 0.5) is 0 Å². The Morgan fingerprint density at radius 1 is 1.56 bits per heavy atom. The Morgan fingerprint density at radius 2 is 2.22 bits per heavy atom. The number of methoxy groups -OCH3 is 1. The minimum absolute atomic E-state index is 0.0949. The maximum atomic E-state index is 9.75. The van der Waals surface area contributed by atoms with Crippen molar-refractivity contribution in [2.75, 3.05) is 13.7 Å². The smallest absolute Gasteiger partial charge is 0.188 e. The molecule has 0 spiro atoms. The number of benzene rings is 1. The largest absolute Gasteiger partial charge is 0.504 e. The van der Waals surface area contributed by atoms with Crippen molar-refractivity contribution in [2.45, 2.75) is 12.8 Å². The van der Waals surface area contributed by atoms with Crippen molar-refractivity contribution in [2.24, 2.45) is 0 Å². The fourth-order valence-electron chi connectivity index (χ4n) is 1.11. The standard InChI is InChI=1S/C10H12O2.C3H6O2S/c1-3-4-8-5-6-9(11)10(7-8)12-2;4-2-1-3(5)6/h3,5-7,11H,1,4H2,2H3;4H,1-2H2,(H,5,6). The maximum absolute atomic E-state index is 9.75. The highest BCUT2D eigenvalue weighted by Crippen LogP contribution is 2.26. The molecule has 2 N–H and O–H groups in total. The highest BCUT2D eigenvalue weighted by molar-refractivity contribution is 7.96. The van der Waals surface area contributed by atoms with Gasteiger partial charge in [0.05, 0.1) is 13.7 Å². The number of thiol groups is 1. The van der Waals surface area contributed by atoms with Crippen LogP contribution in [0.3, 0.4) is 0 Å². The number of hydrogen-bond donors (Lipinski definition) is 3. The lowest BCUT2D eigenvalue weighted by Gasteiger charge is -2.04. The molecule has 1 aromatic carbocycles. The van der Waals surface area contributed by atoms with Gasteiger partial charge in [-0.3, -0.25) is 4.79 Å². The van der Waals surface area contributed by atoms with E-state index in [-0.39, 0.29) is 23.9 Å². The van der Waals surface area contributed by atoms with Crippen molar-refractivity contribution in [3.05, 3.63) is 36.4 Å². The van der Waals surface area contributed by atoms with Crippen LogP contribution < -0.4 is 4.74 Å². The first kappa shape index (κ1) is 16.5. The summed E-state index contributed by atoms with van der Waals surface area (Å²) in [5.74, 6) is 0.680. The average Bonchev–Trinajstić information content (AvgIpc) is 2.32. The molecule has 1 aromatic rings. The number of phenolic OH excluding ortho intramolecular Hbond substituents is 1. The Hall–Kier alpha value is -1.46. The number of phenols is 1. The molecule has 0 saturated heterocycles. The molecule has 0 atom stereocenters. The molecule has 0 unspecified atom stereocenters. The van der Waals surface area contributed by atoms with Crippen LogP contribution in [0.5, 0.6) is 11.5 Å². The Morgan fingerprint density at radius 3 is 2.61 bits per heavy atom. The van der Waals surface area contributed by atoms with Gasteiger partial charge in [-0.1, -0.05) is 12.1 Å². The van der Waals surface area contributed by atoms with E-state index in [1.165, 1.54) is 7.11 Å². The van der Waals surface area contributed by atoms with Gasteiger partial charge in [-0.25, -0.2) is 0 Å². The lowest BCUT2D eigenvalue weighted by Crippen LogP contribution is -1.88. The third kappa shape index (κ3) is 6.98. The third-order valence-corrected chi connectivity index (χ3v) is 2.17. The Balaban J connectivity index is 0.000000411. The van der Waals surface area contributed by atoms with Gasteiger partial charge in [0.25, 0.3) is 0 Å². The first-order chi connectivity index (χ1) is 8.54. The van der Waals surface area contributed by atoms with Crippen LogP contribution in [0.1, 0.15) is 12.0 Å². The van der Waals surface area contributed by atoms with Crippen molar-refractivity contribution in [1.29, 1.82) is 0 Å². The number of aliphatic hydroxyl groups is 1. The van der Waals surface area contributed by atoms with Crippen molar-refractivity contribution < 1.29 is 19.7 Å². The summed E-state index contributed by atoms with van der Waals surface area (Å²) in [5, 5.41) is 17.0. The Labute approximate surface area is 112 Å². The predicted octanol–water partition coefficient (Wildman–Crippen LogP) is 1.95. The monoisotopic (exact) mass is 270 g/mol. The van der Waals surface area contributed by atoms with Crippen molar-refractivity contribution >= 4 is 17.7 Å². The van der Waals surface area contributed by atoms with Gasteiger partial charge < -0.3 is 14.9 Å². The molecule has 100 valence electrons. The van der Waals surface area contributed by atoms with Gasteiger partial charge >= 0.3 is 0 Å². The molecule has 0 aliphatic rings. The lowest BCUT2D eigenvalue weighted by atomic mass is 10.1. The summed E-state index contributed by atoms with van der Waals surface area (Å²) >= 11 is 3.38. The van der Waals surface area contributed by atoms with E-state index in [1.54, 1.807) is 12.1 Å². The zero-order valence-corrected chi connectivity index (χ0v) is 11.2.